The van der Waals surface area contributed by atoms with Crippen molar-refractivity contribution >= 4 is 28.3 Å². The highest BCUT2D eigenvalue weighted by atomic mass is 32.1. The molecule has 7 heteroatoms. The zero-order valence-electron chi connectivity index (χ0n) is 11.6. The van der Waals surface area contributed by atoms with E-state index in [4.69, 9.17) is 0 Å². The van der Waals surface area contributed by atoms with Crippen molar-refractivity contribution in [1.29, 1.82) is 0 Å². The van der Waals surface area contributed by atoms with Crippen molar-refractivity contribution in [3.8, 4) is 0 Å². The summed E-state index contributed by atoms with van der Waals surface area (Å²) in [5.41, 5.74) is 0. The summed E-state index contributed by atoms with van der Waals surface area (Å²) in [5.74, 6) is -1.91. The average Bonchev–Trinajstić information content (AvgIpc) is 2.87. The molecule has 1 heterocycles. The van der Waals surface area contributed by atoms with Gasteiger partial charge in [-0.05, 0) is 12.8 Å². The first-order valence-corrected chi connectivity index (χ1v) is 7.67. The molecule has 2 N–H and O–H groups in total. The van der Waals surface area contributed by atoms with Crippen molar-refractivity contribution < 1.29 is 14.7 Å². The standard InChI is InChI=1S/C13H19N3O3S/c1-7(2)11-15-16-13(20-11)14-10(17)8-5-3-4-6-9(8)12(18)19/h7-9H,3-6H2,1-2H3,(H,18,19)(H,14,16,17)/t8-,9+/m0/s1. The van der Waals surface area contributed by atoms with Gasteiger partial charge in [-0.1, -0.05) is 38.0 Å². The Morgan fingerprint density at radius 1 is 1.25 bits per heavy atom. The fourth-order valence-corrected chi connectivity index (χ4v) is 3.21. The highest BCUT2D eigenvalue weighted by Gasteiger charge is 2.36. The number of carboxylic acids is 1. The van der Waals surface area contributed by atoms with E-state index in [1.165, 1.54) is 11.3 Å². The van der Waals surface area contributed by atoms with Crippen LogP contribution in [0.25, 0.3) is 0 Å². The Balaban J connectivity index is 2.04. The number of carbonyl (C=O) groups is 2. The summed E-state index contributed by atoms with van der Waals surface area (Å²) in [7, 11) is 0. The molecule has 0 aromatic carbocycles. The van der Waals surface area contributed by atoms with Gasteiger partial charge in [0.05, 0.1) is 11.8 Å². The quantitative estimate of drug-likeness (QED) is 0.890. The predicted molar refractivity (Wildman–Crippen MR) is 75.7 cm³/mol. The van der Waals surface area contributed by atoms with Gasteiger partial charge in [-0.15, -0.1) is 10.2 Å². The molecule has 20 heavy (non-hydrogen) atoms. The van der Waals surface area contributed by atoms with Crippen LogP contribution in [0.1, 0.15) is 50.5 Å². The molecule has 0 saturated heterocycles. The van der Waals surface area contributed by atoms with Gasteiger partial charge in [0, 0.05) is 5.92 Å². The summed E-state index contributed by atoms with van der Waals surface area (Å²) in [6, 6.07) is 0. The topological polar surface area (TPSA) is 92.2 Å². The highest BCUT2D eigenvalue weighted by molar-refractivity contribution is 7.15. The molecule has 0 aliphatic heterocycles. The van der Waals surface area contributed by atoms with Crippen molar-refractivity contribution in [3.63, 3.8) is 0 Å². The highest BCUT2D eigenvalue weighted by Crippen LogP contribution is 2.32. The monoisotopic (exact) mass is 297 g/mol. The Labute approximate surface area is 121 Å². The van der Waals surface area contributed by atoms with E-state index < -0.39 is 17.8 Å². The minimum absolute atomic E-state index is 0.247. The van der Waals surface area contributed by atoms with Crippen LogP contribution in [0.4, 0.5) is 5.13 Å². The Kier molecular flexibility index (Phi) is 4.69. The van der Waals surface area contributed by atoms with Crippen LogP contribution >= 0.6 is 11.3 Å². The van der Waals surface area contributed by atoms with E-state index in [1.807, 2.05) is 13.8 Å². The minimum Gasteiger partial charge on any atom is -0.481 e. The average molecular weight is 297 g/mol. The smallest absolute Gasteiger partial charge is 0.307 e. The summed E-state index contributed by atoms with van der Waals surface area (Å²) < 4.78 is 0. The maximum atomic E-state index is 12.2. The number of nitrogens with zero attached hydrogens (tertiary/aromatic N) is 2. The molecule has 110 valence electrons. The second-order valence-corrected chi connectivity index (χ2v) is 6.43. The van der Waals surface area contributed by atoms with E-state index in [1.54, 1.807) is 0 Å². The summed E-state index contributed by atoms with van der Waals surface area (Å²) in [6.45, 7) is 4.02. The second-order valence-electron chi connectivity index (χ2n) is 5.43. The zero-order valence-corrected chi connectivity index (χ0v) is 12.4. The lowest BCUT2D eigenvalue weighted by molar-refractivity contribution is -0.147. The molecule has 0 unspecified atom stereocenters. The molecular formula is C13H19N3O3S. The third-order valence-electron chi connectivity index (χ3n) is 3.58. The molecule has 2 atom stereocenters. The lowest BCUT2D eigenvalue weighted by Crippen LogP contribution is -2.36. The van der Waals surface area contributed by atoms with E-state index in [2.05, 4.69) is 15.5 Å². The van der Waals surface area contributed by atoms with Crippen molar-refractivity contribution in [2.75, 3.05) is 5.32 Å². The van der Waals surface area contributed by atoms with Gasteiger partial charge < -0.3 is 10.4 Å². The van der Waals surface area contributed by atoms with Gasteiger partial charge >= 0.3 is 5.97 Å². The van der Waals surface area contributed by atoms with E-state index in [0.717, 1.165) is 17.8 Å². The fourth-order valence-electron chi connectivity index (χ4n) is 2.46. The first kappa shape index (κ1) is 14.9. The molecule has 1 aromatic rings. The molecule has 1 aliphatic rings. The number of rotatable bonds is 4. The van der Waals surface area contributed by atoms with Gasteiger partial charge in [-0.25, -0.2) is 0 Å². The van der Waals surface area contributed by atoms with Crippen LogP contribution in [0.15, 0.2) is 0 Å². The molecular weight excluding hydrogens is 278 g/mol. The lowest BCUT2D eigenvalue weighted by Gasteiger charge is -2.26. The Morgan fingerprint density at radius 3 is 2.45 bits per heavy atom. The Morgan fingerprint density at radius 2 is 1.90 bits per heavy atom. The number of amides is 1. The largest absolute Gasteiger partial charge is 0.481 e. The number of aliphatic carboxylic acids is 1. The molecule has 0 radical (unpaired) electrons. The molecule has 2 rings (SSSR count). The number of carboxylic acid groups (broad SMARTS) is 1. The van der Waals surface area contributed by atoms with Crippen LogP contribution < -0.4 is 5.32 Å². The van der Waals surface area contributed by atoms with Crippen LogP contribution in [0.5, 0.6) is 0 Å². The van der Waals surface area contributed by atoms with Gasteiger partial charge in [0.25, 0.3) is 0 Å². The van der Waals surface area contributed by atoms with Crippen LogP contribution in [0.2, 0.25) is 0 Å². The predicted octanol–water partition coefficient (Wildman–Crippen LogP) is 2.49. The fraction of sp³-hybridized carbons (Fsp3) is 0.692. The third-order valence-corrected chi connectivity index (χ3v) is 4.72. The molecule has 6 nitrogen and oxygen atoms in total. The van der Waals surface area contributed by atoms with Crippen molar-refractivity contribution in [2.45, 2.75) is 45.4 Å². The summed E-state index contributed by atoms with van der Waals surface area (Å²) in [4.78, 5) is 23.4. The van der Waals surface area contributed by atoms with Crippen LogP contribution in [-0.4, -0.2) is 27.2 Å². The summed E-state index contributed by atoms with van der Waals surface area (Å²) in [5, 5.41) is 21.2. The number of aromatic nitrogens is 2. The van der Waals surface area contributed by atoms with E-state index in [9.17, 15) is 14.7 Å². The van der Waals surface area contributed by atoms with E-state index in [-0.39, 0.29) is 11.8 Å². The molecule has 1 aliphatic carbocycles. The Hall–Kier alpha value is -1.50. The minimum atomic E-state index is -0.884. The maximum absolute atomic E-state index is 12.2. The molecule has 1 aromatic heterocycles. The van der Waals surface area contributed by atoms with Gasteiger partial charge in [-0.3, -0.25) is 9.59 Å². The molecule has 1 fully saturated rings. The SMILES string of the molecule is CC(C)c1nnc(NC(=O)[C@H]2CCCC[C@H]2C(=O)O)s1. The number of hydrogen-bond donors (Lipinski definition) is 2. The van der Waals surface area contributed by atoms with Gasteiger partial charge in [0.15, 0.2) is 0 Å². The van der Waals surface area contributed by atoms with Crippen LogP contribution in [-0.2, 0) is 9.59 Å². The second kappa shape index (κ2) is 6.30. The molecule has 1 amide bonds. The van der Waals surface area contributed by atoms with Crippen molar-refractivity contribution in [3.05, 3.63) is 5.01 Å². The molecule has 0 bridgehead atoms. The first-order chi connectivity index (χ1) is 9.49. The van der Waals surface area contributed by atoms with Crippen molar-refractivity contribution in [1.82, 2.24) is 10.2 Å². The molecule has 0 spiro atoms. The third kappa shape index (κ3) is 3.33. The number of anilines is 1. The van der Waals surface area contributed by atoms with Crippen molar-refractivity contribution in [2.24, 2.45) is 11.8 Å². The van der Waals surface area contributed by atoms with Crippen LogP contribution in [0, 0.1) is 11.8 Å². The maximum Gasteiger partial charge on any atom is 0.307 e. The van der Waals surface area contributed by atoms with Gasteiger partial charge in [0.2, 0.25) is 11.0 Å². The summed E-state index contributed by atoms with van der Waals surface area (Å²) >= 11 is 1.34. The Bertz CT molecular complexity index is 501. The van der Waals surface area contributed by atoms with Gasteiger partial charge in [-0.2, -0.15) is 0 Å². The number of hydrogen-bond acceptors (Lipinski definition) is 5. The zero-order chi connectivity index (χ0) is 14.7. The van der Waals surface area contributed by atoms with E-state index >= 15 is 0 Å². The number of carbonyl (C=O) groups excluding carboxylic acids is 1. The van der Waals surface area contributed by atoms with Crippen LogP contribution in [0.3, 0.4) is 0 Å². The van der Waals surface area contributed by atoms with Gasteiger partial charge in [0.1, 0.15) is 5.01 Å². The molecule has 1 saturated carbocycles. The lowest BCUT2D eigenvalue weighted by atomic mass is 9.79. The van der Waals surface area contributed by atoms with E-state index in [0.29, 0.717) is 18.0 Å². The summed E-state index contributed by atoms with van der Waals surface area (Å²) in [6.07, 6.45) is 2.96. The first-order valence-electron chi connectivity index (χ1n) is 6.86. The number of nitrogens with one attached hydrogen (secondary N) is 1. The normalized spacial score (nSPS) is 22.8.